The van der Waals surface area contributed by atoms with Crippen molar-refractivity contribution in [1.82, 2.24) is 0 Å². The van der Waals surface area contributed by atoms with Gasteiger partial charge in [0.05, 0.1) is 23.9 Å². The van der Waals surface area contributed by atoms with Crippen molar-refractivity contribution in [2.75, 3.05) is 6.61 Å². The van der Waals surface area contributed by atoms with Crippen LogP contribution in [0.5, 0.6) is 0 Å². The van der Waals surface area contributed by atoms with E-state index in [0.717, 1.165) is 57.1 Å². The van der Waals surface area contributed by atoms with E-state index in [-0.39, 0.29) is 6.10 Å². The van der Waals surface area contributed by atoms with Crippen molar-refractivity contribution < 1.29 is 20.1 Å². The fourth-order valence-electron chi connectivity index (χ4n) is 3.50. The highest BCUT2D eigenvalue weighted by Crippen LogP contribution is 2.24. The Bertz CT molecular complexity index is 414. The molecule has 1 rings (SSSR count). The van der Waals surface area contributed by atoms with Gasteiger partial charge in [0.15, 0.2) is 0 Å². The number of aliphatic hydroxyl groups excluding tert-OH is 2. The molecule has 0 aromatic rings. The molecule has 3 atom stereocenters. The molecule has 0 aromatic carbocycles. The van der Waals surface area contributed by atoms with Gasteiger partial charge in [0.2, 0.25) is 0 Å². The van der Waals surface area contributed by atoms with E-state index in [0.29, 0.717) is 19.3 Å². The summed E-state index contributed by atoms with van der Waals surface area (Å²) in [5, 5.41) is 29.6. The quantitative estimate of drug-likeness (QED) is 0.450. The number of allylic oxidation sites excluding steroid dienone is 3. The van der Waals surface area contributed by atoms with Crippen LogP contribution in [0.3, 0.4) is 0 Å². The van der Waals surface area contributed by atoms with E-state index < -0.39 is 17.8 Å². The Labute approximate surface area is 160 Å². The van der Waals surface area contributed by atoms with Gasteiger partial charge >= 0.3 is 0 Å². The van der Waals surface area contributed by atoms with E-state index in [9.17, 15) is 15.3 Å². The maximum Gasteiger partial charge on any atom is 0.0643 e. The minimum atomic E-state index is -0.518. The summed E-state index contributed by atoms with van der Waals surface area (Å²) in [4.78, 5) is 0. The van der Waals surface area contributed by atoms with Crippen molar-refractivity contribution in [3.05, 3.63) is 23.8 Å². The Morgan fingerprint density at radius 1 is 1.15 bits per heavy atom. The lowest BCUT2D eigenvalue weighted by Gasteiger charge is -2.25. The van der Waals surface area contributed by atoms with Gasteiger partial charge in [0.1, 0.15) is 0 Å². The largest absolute Gasteiger partial charge is 0.393 e. The van der Waals surface area contributed by atoms with Gasteiger partial charge in [-0.3, -0.25) is 0 Å². The maximum atomic E-state index is 10.2. The van der Waals surface area contributed by atoms with Crippen LogP contribution in [0.15, 0.2) is 23.8 Å². The first-order valence-electron chi connectivity index (χ1n) is 10.4. The second-order valence-corrected chi connectivity index (χ2v) is 7.85. The third kappa shape index (κ3) is 9.86. The minimum Gasteiger partial charge on any atom is -0.393 e. The third-order valence-corrected chi connectivity index (χ3v) is 5.49. The number of hydrogen-bond donors (Lipinski definition) is 3. The van der Waals surface area contributed by atoms with E-state index in [1.54, 1.807) is 0 Å². The lowest BCUT2D eigenvalue weighted by Crippen LogP contribution is -2.27. The van der Waals surface area contributed by atoms with Crippen molar-refractivity contribution in [1.29, 1.82) is 0 Å². The summed E-state index contributed by atoms with van der Waals surface area (Å²) in [7, 11) is 0. The highest BCUT2D eigenvalue weighted by atomic mass is 16.5. The van der Waals surface area contributed by atoms with Crippen LogP contribution in [0.25, 0.3) is 0 Å². The van der Waals surface area contributed by atoms with Gasteiger partial charge in [-0.05, 0) is 71.1 Å². The van der Waals surface area contributed by atoms with Gasteiger partial charge in [-0.15, -0.1) is 0 Å². The van der Waals surface area contributed by atoms with Crippen molar-refractivity contribution in [2.45, 2.75) is 109 Å². The van der Waals surface area contributed by atoms with Crippen LogP contribution in [0, 0.1) is 0 Å². The minimum absolute atomic E-state index is 0.252. The van der Waals surface area contributed by atoms with Crippen LogP contribution in [0.4, 0.5) is 0 Å². The van der Waals surface area contributed by atoms with Crippen LogP contribution in [0.2, 0.25) is 0 Å². The number of ether oxygens (including phenoxy) is 1. The SMILES string of the molecule is CCC(O)(CC)CCCOC(C)CCCC=CC=C1C[C@@H](O)C[C@H](O)C1. The lowest BCUT2D eigenvalue weighted by atomic mass is 9.90. The zero-order valence-electron chi connectivity index (χ0n) is 17.0. The molecule has 0 amide bonds. The Morgan fingerprint density at radius 3 is 2.42 bits per heavy atom. The Kier molecular flexibility index (Phi) is 11.4. The molecule has 4 nitrogen and oxygen atoms in total. The average Bonchev–Trinajstić information content (AvgIpc) is 2.60. The first kappa shape index (κ1) is 23.4. The number of hydrogen-bond acceptors (Lipinski definition) is 4. The second kappa shape index (κ2) is 12.7. The molecular formula is C22H40O4. The molecule has 1 unspecified atom stereocenters. The summed E-state index contributed by atoms with van der Waals surface area (Å²) in [5.41, 5.74) is 0.611. The molecule has 0 aliphatic heterocycles. The fraction of sp³-hybridized carbons (Fsp3) is 0.818. The summed E-state index contributed by atoms with van der Waals surface area (Å²) >= 11 is 0. The van der Waals surface area contributed by atoms with Crippen LogP contribution in [0.1, 0.15) is 85.0 Å². The summed E-state index contributed by atoms with van der Waals surface area (Å²) in [5.74, 6) is 0. The van der Waals surface area contributed by atoms with Crippen LogP contribution in [-0.4, -0.2) is 45.8 Å². The van der Waals surface area contributed by atoms with Crippen LogP contribution >= 0.6 is 0 Å². The zero-order valence-corrected chi connectivity index (χ0v) is 17.0. The van der Waals surface area contributed by atoms with Gasteiger partial charge < -0.3 is 20.1 Å². The molecule has 1 aliphatic carbocycles. The number of rotatable bonds is 12. The predicted molar refractivity (Wildman–Crippen MR) is 107 cm³/mol. The second-order valence-electron chi connectivity index (χ2n) is 7.85. The van der Waals surface area contributed by atoms with Crippen molar-refractivity contribution in [3.8, 4) is 0 Å². The molecule has 152 valence electrons. The van der Waals surface area contributed by atoms with E-state index in [1.807, 2.05) is 26.0 Å². The fourth-order valence-corrected chi connectivity index (χ4v) is 3.50. The van der Waals surface area contributed by atoms with Crippen molar-refractivity contribution >= 4 is 0 Å². The summed E-state index contributed by atoms with van der Waals surface area (Å²) in [6, 6.07) is 0. The Hall–Kier alpha value is -0.680. The summed E-state index contributed by atoms with van der Waals surface area (Å²) in [6.45, 7) is 6.91. The van der Waals surface area contributed by atoms with Crippen molar-refractivity contribution in [2.24, 2.45) is 0 Å². The van der Waals surface area contributed by atoms with E-state index in [2.05, 4.69) is 13.0 Å². The normalized spacial score (nSPS) is 22.8. The van der Waals surface area contributed by atoms with E-state index in [1.165, 1.54) is 0 Å². The molecule has 0 aromatic heterocycles. The van der Waals surface area contributed by atoms with Gasteiger partial charge in [0, 0.05) is 6.61 Å². The predicted octanol–water partition coefficient (Wildman–Crippen LogP) is 4.28. The van der Waals surface area contributed by atoms with Gasteiger partial charge in [-0.2, -0.15) is 0 Å². The molecule has 26 heavy (non-hydrogen) atoms. The maximum absolute atomic E-state index is 10.2. The first-order valence-corrected chi connectivity index (χ1v) is 10.4. The molecule has 0 spiro atoms. The Balaban J connectivity index is 2.10. The summed E-state index contributed by atoms with van der Waals surface area (Å²) < 4.78 is 5.85. The molecule has 0 bridgehead atoms. The van der Waals surface area contributed by atoms with Crippen LogP contribution < -0.4 is 0 Å². The first-order chi connectivity index (χ1) is 12.4. The molecule has 3 N–H and O–H groups in total. The number of unbranched alkanes of at least 4 members (excludes halogenated alkanes) is 1. The average molecular weight is 369 g/mol. The molecule has 0 heterocycles. The highest BCUT2D eigenvalue weighted by molar-refractivity contribution is 5.16. The van der Waals surface area contributed by atoms with E-state index in [4.69, 9.17) is 4.74 Å². The molecule has 1 fully saturated rings. The molecule has 1 aliphatic rings. The molecule has 4 heteroatoms. The zero-order chi connectivity index (χ0) is 19.4. The lowest BCUT2D eigenvalue weighted by molar-refractivity contribution is 0.00226. The van der Waals surface area contributed by atoms with Crippen molar-refractivity contribution in [3.63, 3.8) is 0 Å². The monoisotopic (exact) mass is 368 g/mol. The number of aliphatic hydroxyl groups is 3. The van der Waals surface area contributed by atoms with Gasteiger partial charge in [0.25, 0.3) is 0 Å². The molecule has 0 saturated heterocycles. The third-order valence-electron chi connectivity index (χ3n) is 5.49. The topological polar surface area (TPSA) is 69.9 Å². The smallest absolute Gasteiger partial charge is 0.0643 e. The van der Waals surface area contributed by atoms with Crippen LogP contribution in [-0.2, 0) is 4.74 Å². The molecule has 0 radical (unpaired) electrons. The van der Waals surface area contributed by atoms with Gasteiger partial charge in [-0.1, -0.05) is 37.6 Å². The molecular weight excluding hydrogens is 328 g/mol. The van der Waals surface area contributed by atoms with Gasteiger partial charge in [-0.25, -0.2) is 0 Å². The summed E-state index contributed by atoms with van der Waals surface area (Å²) in [6.07, 6.45) is 14.0. The Morgan fingerprint density at radius 2 is 1.81 bits per heavy atom. The highest BCUT2D eigenvalue weighted by Gasteiger charge is 2.21. The molecule has 1 saturated carbocycles. The standard InChI is InChI=1S/C22H40O4/c1-4-22(25,5-2)13-10-14-26-18(3)11-8-6-7-9-12-19-15-20(23)17-21(24)16-19/h7,9,12,18,20-21,23-25H,4-6,8,10-11,13-17H2,1-3H3/t18?,20-,21-/m1/s1. The van der Waals surface area contributed by atoms with E-state index >= 15 is 0 Å².